The molecule has 1 aromatic heterocycles. The molecular weight excluding hydrogens is 214 g/mol. The van der Waals surface area contributed by atoms with E-state index in [0.29, 0.717) is 5.82 Å². The number of nitrogens with one attached hydrogen (secondary N) is 2. The summed E-state index contributed by atoms with van der Waals surface area (Å²) in [5.41, 5.74) is 12.7. The maximum atomic E-state index is 5.55. The van der Waals surface area contributed by atoms with Crippen molar-refractivity contribution in [2.24, 2.45) is 5.92 Å². The Bertz CT molecular complexity index is 263. The number of nitrogens with zero attached hydrogens (tertiary/aromatic N) is 2. The van der Waals surface area contributed by atoms with Crippen molar-refractivity contribution in [2.45, 2.75) is 41.5 Å². The number of aromatic nitrogens is 2. The molecule has 5 nitrogen and oxygen atoms in total. The van der Waals surface area contributed by atoms with Crippen LogP contribution in [0.1, 0.15) is 40.3 Å². The fourth-order valence-electron chi connectivity index (χ4n) is 0.772. The molecule has 100 valence electrons. The first-order valence-corrected chi connectivity index (χ1v) is 5.98. The van der Waals surface area contributed by atoms with E-state index >= 15 is 0 Å². The van der Waals surface area contributed by atoms with Gasteiger partial charge in [-0.15, -0.1) is 0 Å². The molecule has 5 heteroatoms. The van der Waals surface area contributed by atoms with Crippen LogP contribution in [0.25, 0.3) is 0 Å². The lowest BCUT2D eigenvalue weighted by atomic mass is 10.3. The van der Waals surface area contributed by atoms with E-state index in [2.05, 4.69) is 41.6 Å². The Hall–Kier alpha value is -1.36. The van der Waals surface area contributed by atoms with Gasteiger partial charge in [-0.2, -0.15) is 0 Å². The Balaban J connectivity index is 0. The smallest absolute Gasteiger partial charge is 0.151 e. The molecule has 4 N–H and O–H groups in total. The Kier molecular flexibility index (Phi) is 11.8. The Morgan fingerprint density at radius 1 is 1.18 bits per heavy atom. The number of nitrogens with two attached hydrogens (primary N) is 1. The van der Waals surface area contributed by atoms with E-state index in [9.17, 15) is 0 Å². The number of hydrogen-bond donors (Lipinski definition) is 3. The van der Waals surface area contributed by atoms with E-state index in [0.717, 1.165) is 17.3 Å². The summed E-state index contributed by atoms with van der Waals surface area (Å²) in [5, 5.41) is 0. The fraction of sp³-hybridized carbons (Fsp3) is 0.667. The minimum Gasteiger partial charge on any atom is -0.382 e. The zero-order chi connectivity index (χ0) is 13.8. The molecule has 1 aromatic rings. The van der Waals surface area contributed by atoms with Gasteiger partial charge in [0.15, 0.2) is 5.82 Å². The summed E-state index contributed by atoms with van der Waals surface area (Å²) < 4.78 is 0. The predicted octanol–water partition coefficient (Wildman–Crippen LogP) is 2.60. The topological polar surface area (TPSA) is 75.9 Å². The molecule has 17 heavy (non-hydrogen) atoms. The van der Waals surface area contributed by atoms with Gasteiger partial charge >= 0.3 is 0 Å². The van der Waals surface area contributed by atoms with Crippen molar-refractivity contribution in [1.82, 2.24) is 15.4 Å². The van der Waals surface area contributed by atoms with Crippen LogP contribution in [0, 0.1) is 12.8 Å². The number of hydrogen-bond acceptors (Lipinski definition) is 5. The van der Waals surface area contributed by atoms with E-state index < -0.39 is 0 Å². The SMILES string of the molecule is CC.CC(C)C.CNNc1c(C)ncnc1N. The van der Waals surface area contributed by atoms with Crippen molar-refractivity contribution in [3.05, 3.63) is 12.0 Å². The van der Waals surface area contributed by atoms with Crippen molar-refractivity contribution in [1.29, 1.82) is 0 Å². The third-order valence-electron chi connectivity index (χ3n) is 1.32. The van der Waals surface area contributed by atoms with Gasteiger partial charge in [-0.3, -0.25) is 0 Å². The van der Waals surface area contributed by atoms with E-state index in [-0.39, 0.29) is 0 Å². The molecule has 0 unspecified atom stereocenters. The molecule has 0 aliphatic carbocycles. The van der Waals surface area contributed by atoms with Gasteiger partial charge in [-0.25, -0.2) is 15.4 Å². The van der Waals surface area contributed by atoms with Gasteiger partial charge in [0.05, 0.1) is 5.69 Å². The summed E-state index contributed by atoms with van der Waals surface area (Å²) in [7, 11) is 1.76. The van der Waals surface area contributed by atoms with Gasteiger partial charge in [-0.1, -0.05) is 34.6 Å². The van der Waals surface area contributed by atoms with Crippen LogP contribution < -0.4 is 16.6 Å². The summed E-state index contributed by atoms with van der Waals surface area (Å²) in [6.07, 6.45) is 1.44. The van der Waals surface area contributed by atoms with Gasteiger partial charge < -0.3 is 11.2 Å². The Labute approximate surface area is 105 Å². The second-order valence-corrected chi connectivity index (χ2v) is 3.83. The molecule has 0 aliphatic rings. The molecule has 0 radical (unpaired) electrons. The molecule has 0 spiro atoms. The second-order valence-electron chi connectivity index (χ2n) is 3.83. The number of rotatable bonds is 2. The summed E-state index contributed by atoms with van der Waals surface area (Å²) in [6, 6.07) is 0. The monoisotopic (exact) mass is 241 g/mol. The highest BCUT2D eigenvalue weighted by Gasteiger charge is 2.01. The normalized spacial score (nSPS) is 8.71. The van der Waals surface area contributed by atoms with Crippen LogP contribution in [0.3, 0.4) is 0 Å². The molecule has 0 saturated carbocycles. The molecule has 0 atom stereocenters. The summed E-state index contributed by atoms with van der Waals surface area (Å²) in [5.74, 6) is 1.28. The number of anilines is 2. The number of aryl methyl sites for hydroxylation is 1. The van der Waals surface area contributed by atoms with Crippen LogP contribution in [0.4, 0.5) is 11.5 Å². The quantitative estimate of drug-likeness (QED) is 0.694. The maximum Gasteiger partial charge on any atom is 0.151 e. The van der Waals surface area contributed by atoms with Gasteiger partial charge in [0, 0.05) is 7.05 Å². The third-order valence-corrected chi connectivity index (χ3v) is 1.32. The Morgan fingerprint density at radius 2 is 1.65 bits per heavy atom. The molecule has 0 aromatic carbocycles. The van der Waals surface area contributed by atoms with Crippen LogP contribution in [-0.2, 0) is 0 Å². The van der Waals surface area contributed by atoms with Crippen LogP contribution in [0.2, 0.25) is 0 Å². The van der Waals surface area contributed by atoms with E-state index in [1.54, 1.807) is 7.05 Å². The highest BCUT2D eigenvalue weighted by atomic mass is 15.3. The number of nitrogen functional groups attached to an aromatic ring is 1. The largest absolute Gasteiger partial charge is 0.382 e. The lowest BCUT2D eigenvalue weighted by molar-refractivity contribution is 0.737. The first kappa shape index (κ1) is 18.0. The van der Waals surface area contributed by atoms with Crippen molar-refractivity contribution in [3.8, 4) is 0 Å². The lowest BCUT2D eigenvalue weighted by Crippen LogP contribution is -2.18. The van der Waals surface area contributed by atoms with Crippen molar-refractivity contribution >= 4 is 11.5 Å². The average Bonchev–Trinajstić information content (AvgIpc) is 2.26. The van der Waals surface area contributed by atoms with Gasteiger partial charge in [0.25, 0.3) is 0 Å². The zero-order valence-electron chi connectivity index (χ0n) is 12.1. The standard InChI is InChI=1S/C6H11N5.C4H10.C2H6/c1-4-5(11-8-2)6(7)10-3-9-4;1-4(2)3;1-2/h3,8,11H,1-2H3,(H2,7,9,10);4H,1-3H3;1-2H3. The first-order valence-electron chi connectivity index (χ1n) is 5.98. The van der Waals surface area contributed by atoms with Crippen LogP contribution in [-0.4, -0.2) is 17.0 Å². The van der Waals surface area contributed by atoms with Crippen molar-refractivity contribution in [2.75, 3.05) is 18.2 Å². The maximum absolute atomic E-state index is 5.55. The van der Waals surface area contributed by atoms with Gasteiger partial charge in [0.2, 0.25) is 0 Å². The highest BCUT2D eigenvalue weighted by molar-refractivity contribution is 5.62. The number of hydrazine groups is 1. The molecule has 0 aliphatic heterocycles. The van der Waals surface area contributed by atoms with Gasteiger partial charge in [0.1, 0.15) is 12.0 Å². The van der Waals surface area contributed by atoms with Gasteiger partial charge in [-0.05, 0) is 12.8 Å². The minimum absolute atomic E-state index is 0.451. The summed E-state index contributed by atoms with van der Waals surface area (Å²) in [6.45, 7) is 12.4. The second kappa shape index (κ2) is 11.1. The molecule has 0 amide bonds. The molecule has 0 bridgehead atoms. The van der Waals surface area contributed by atoms with E-state index in [1.807, 2.05) is 20.8 Å². The van der Waals surface area contributed by atoms with Crippen LogP contribution in [0.15, 0.2) is 6.33 Å². The molecule has 0 saturated heterocycles. The Morgan fingerprint density at radius 3 is 2.00 bits per heavy atom. The molecular formula is C12H27N5. The predicted molar refractivity (Wildman–Crippen MR) is 75.7 cm³/mol. The van der Waals surface area contributed by atoms with E-state index in [1.165, 1.54) is 6.33 Å². The lowest BCUT2D eigenvalue weighted by Gasteiger charge is -2.07. The first-order chi connectivity index (χ1) is 7.99. The van der Waals surface area contributed by atoms with Crippen molar-refractivity contribution in [3.63, 3.8) is 0 Å². The fourth-order valence-corrected chi connectivity index (χ4v) is 0.772. The highest BCUT2D eigenvalue weighted by Crippen LogP contribution is 2.15. The van der Waals surface area contributed by atoms with Crippen molar-refractivity contribution < 1.29 is 0 Å². The molecule has 0 fully saturated rings. The third kappa shape index (κ3) is 9.56. The average molecular weight is 241 g/mol. The van der Waals surface area contributed by atoms with Crippen LogP contribution >= 0.6 is 0 Å². The summed E-state index contributed by atoms with van der Waals surface area (Å²) in [4.78, 5) is 7.79. The molecule has 1 rings (SSSR count). The zero-order valence-corrected chi connectivity index (χ0v) is 12.1. The van der Waals surface area contributed by atoms with E-state index in [4.69, 9.17) is 5.73 Å². The molecule has 1 heterocycles. The summed E-state index contributed by atoms with van der Waals surface area (Å²) >= 11 is 0. The minimum atomic E-state index is 0.451. The van der Waals surface area contributed by atoms with Crippen LogP contribution in [0.5, 0.6) is 0 Å².